The molecule has 2 aromatic carbocycles. The molecule has 0 N–H and O–H groups in total. The minimum atomic E-state index is -0.626. The van der Waals surface area contributed by atoms with Gasteiger partial charge >= 0.3 is 5.97 Å². The summed E-state index contributed by atoms with van der Waals surface area (Å²) < 4.78 is 5.46. The Balaban J connectivity index is 1.81. The number of anilines is 1. The normalized spacial score (nSPS) is 16.9. The highest BCUT2D eigenvalue weighted by atomic mass is 35.5. The summed E-state index contributed by atoms with van der Waals surface area (Å²) in [5, 5.41) is 0.278. The summed E-state index contributed by atoms with van der Waals surface area (Å²) in [6, 6.07) is 9.68. The van der Waals surface area contributed by atoms with Gasteiger partial charge in [-0.25, -0.2) is 4.79 Å². The highest BCUT2D eigenvalue weighted by molar-refractivity contribution is 6.53. The molecule has 0 saturated carbocycles. The zero-order chi connectivity index (χ0) is 19.5. The number of hydrogen-bond acceptors (Lipinski definition) is 4. The Morgan fingerprint density at radius 3 is 2.48 bits per heavy atom. The van der Waals surface area contributed by atoms with Crippen LogP contribution in [0.15, 0.2) is 42.5 Å². The van der Waals surface area contributed by atoms with Gasteiger partial charge in [0.05, 0.1) is 27.4 Å². The number of halogens is 1. The van der Waals surface area contributed by atoms with Gasteiger partial charge in [-0.3, -0.25) is 14.5 Å². The van der Waals surface area contributed by atoms with Crippen molar-refractivity contribution in [2.45, 2.75) is 26.3 Å². The van der Waals surface area contributed by atoms with Gasteiger partial charge in [0.25, 0.3) is 11.7 Å². The summed E-state index contributed by atoms with van der Waals surface area (Å²) in [5.41, 5.74) is 2.06. The average molecular weight is 382 g/mol. The van der Waals surface area contributed by atoms with Crippen molar-refractivity contribution in [1.82, 2.24) is 0 Å². The number of Topliss-reactive ketones (excluding diaryl/α,β-unsaturated/α-hetero) is 1. The minimum Gasteiger partial charge on any atom is -0.423 e. The second-order valence-electron chi connectivity index (χ2n) is 7.19. The first-order valence-electron chi connectivity index (χ1n) is 8.44. The lowest BCUT2D eigenvalue weighted by Gasteiger charge is -2.38. The van der Waals surface area contributed by atoms with E-state index >= 15 is 0 Å². The third-order valence-electron chi connectivity index (χ3n) is 4.82. The van der Waals surface area contributed by atoms with Crippen LogP contribution in [0, 0.1) is 0 Å². The second-order valence-corrected chi connectivity index (χ2v) is 7.59. The van der Waals surface area contributed by atoms with Gasteiger partial charge in [-0.1, -0.05) is 29.8 Å². The molecule has 136 valence electrons. The molecular weight excluding hydrogens is 366 g/mol. The molecule has 2 aromatic rings. The monoisotopic (exact) mass is 381 g/mol. The van der Waals surface area contributed by atoms with Crippen molar-refractivity contribution < 1.29 is 19.1 Å². The molecule has 6 heteroatoms. The molecule has 0 atom stereocenters. The number of esters is 1. The fourth-order valence-electron chi connectivity index (χ4n) is 3.71. The maximum atomic E-state index is 12.5. The number of ether oxygens (including phenoxy) is 1. The Morgan fingerprint density at radius 2 is 1.78 bits per heavy atom. The van der Waals surface area contributed by atoms with Crippen molar-refractivity contribution in [3.05, 3.63) is 64.2 Å². The van der Waals surface area contributed by atoms with Crippen LogP contribution in [0.4, 0.5) is 5.69 Å². The van der Waals surface area contributed by atoms with E-state index < -0.39 is 23.2 Å². The molecule has 2 heterocycles. The summed E-state index contributed by atoms with van der Waals surface area (Å²) >= 11 is 6.05. The average Bonchev–Trinajstić information content (AvgIpc) is 2.85. The zero-order valence-corrected chi connectivity index (χ0v) is 15.8. The summed E-state index contributed by atoms with van der Waals surface area (Å²) in [6.45, 7) is 5.66. The summed E-state index contributed by atoms with van der Waals surface area (Å²) in [7, 11) is 0. The molecule has 0 unspecified atom stereocenters. The first kappa shape index (κ1) is 17.5. The molecule has 1 amide bonds. The Morgan fingerprint density at radius 1 is 1.11 bits per heavy atom. The first-order chi connectivity index (χ1) is 12.7. The van der Waals surface area contributed by atoms with Crippen LogP contribution in [0.2, 0.25) is 5.02 Å². The molecule has 5 nitrogen and oxygen atoms in total. The number of benzene rings is 2. The minimum absolute atomic E-state index is 0.198. The van der Waals surface area contributed by atoms with Crippen molar-refractivity contribution in [1.29, 1.82) is 0 Å². The van der Waals surface area contributed by atoms with E-state index in [0.29, 0.717) is 11.3 Å². The molecule has 2 aliphatic rings. The Bertz CT molecular complexity index is 1070. The van der Waals surface area contributed by atoms with E-state index in [0.717, 1.165) is 5.57 Å². The number of carbonyl (C=O) groups excluding carboxylic acids is 3. The quantitative estimate of drug-likeness (QED) is 0.442. The van der Waals surface area contributed by atoms with Crippen LogP contribution >= 0.6 is 11.6 Å². The van der Waals surface area contributed by atoms with E-state index in [1.165, 1.54) is 11.0 Å². The number of rotatable bonds is 2. The van der Waals surface area contributed by atoms with Crippen LogP contribution in [-0.4, -0.2) is 23.2 Å². The second kappa shape index (κ2) is 5.79. The first-order valence-corrected chi connectivity index (χ1v) is 8.82. The number of hydrogen-bond donors (Lipinski definition) is 0. The van der Waals surface area contributed by atoms with E-state index in [9.17, 15) is 14.4 Å². The molecule has 0 saturated heterocycles. The molecule has 0 bridgehead atoms. The fraction of sp³-hybridized carbons (Fsp3) is 0.190. The van der Waals surface area contributed by atoms with E-state index in [1.807, 2.05) is 26.8 Å². The van der Waals surface area contributed by atoms with Gasteiger partial charge in [0, 0.05) is 5.56 Å². The maximum Gasteiger partial charge on any atom is 0.345 e. The molecule has 0 aliphatic carbocycles. The van der Waals surface area contributed by atoms with E-state index in [4.69, 9.17) is 16.3 Å². The topological polar surface area (TPSA) is 63.7 Å². The Kier molecular flexibility index (Phi) is 3.75. The van der Waals surface area contributed by atoms with Gasteiger partial charge in [0.15, 0.2) is 0 Å². The predicted molar refractivity (Wildman–Crippen MR) is 102 cm³/mol. The molecule has 0 fully saturated rings. The lowest BCUT2D eigenvalue weighted by atomic mass is 9.89. The highest BCUT2D eigenvalue weighted by Gasteiger charge is 2.47. The Labute approximate surface area is 161 Å². The predicted octanol–water partition coefficient (Wildman–Crippen LogP) is 4.28. The lowest BCUT2D eigenvalue weighted by molar-refractivity contribution is -0.115. The third kappa shape index (κ3) is 2.58. The standard InChI is InChI=1S/C21H16ClNO4/c1-11-10-21(2,3)23-17-14(11)8-12(9-15(17)18(24)19(23)25)27-20(26)13-6-4-5-7-16(13)22/h4-10H,1-3H3. The maximum absolute atomic E-state index is 12.5. The molecule has 2 aliphatic heterocycles. The number of allylic oxidation sites excluding steroid dienone is 1. The van der Waals surface area contributed by atoms with Gasteiger partial charge in [-0.05, 0) is 50.6 Å². The highest BCUT2D eigenvalue weighted by Crippen LogP contribution is 2.46. The van der Waals surface area contributed by atoms with Crippen LogP contribution in [0.3, 0.4) is 0 Å². The van der Waals surface area contributed by atoms with Crippen molar-refractivity contribution in [3.63, 3.8) is 0 Å². The number of nitrogens with zero attached hydrogens (tertiary/aromatic N) is 1. The zero-order valence-electron chi connectivity index (χ0n) is 15.0. The fourth-order valence-corrected chi connectivity index (χ4v) is 3.92. The molecular formula is C21H16ClNO4. The molecule has 27 heavy (non-hydrogen) atoms. The smallest absolute Gasteiger partial charge is 0.345 e. The van der Waals surface area contributed by atoms with Crippen molar-refractivity contribution in [2.24, 2.45) is 0 Å². The number of carbonyl (C=O) groups is 3. The molecule has 0 radical (unpaired) electrons. The molecule has 0 spiro atoms. The Hall–Kier alpha value is -2.92. The van der Waals surface area contributed by atoms with Crippen molar-refractivity contribution in [3.8, 4) is 5.75 Å². The summed E-state index contributed by atoms with van der Waals surface area (Å²) in [5.74, 6) is -1.60. The lowest BCUT2D eigenvalue weighted by Crippen LogP contribution is -2.47. The van der Waals surface area contributed by atoms with Gasteiger partial charge in [-0.2, -0.15) is 0 Å². The molecule has 0 aromatic heterocycles. The van der Waals surface area contributed by atoms with Gasteiger partial charge in [-0.15, -0.1) is 0 Å². The van der Waals surface area contributed by atoms with Gasteiger partial charge in [0.2, 0.25) is 0 Å². The third-order valence-corrected chi connectivity index (χ3v) is 5.15. The van der Waals surface area contributed by atoms with Crippen molar-refractivity contribution in [2.75, 3.05) is 4.90 Å². The van der Waals surface area contributed by atoms with Crippen LogP contribution in [-0.2, 0) is 4.79 Å². The van der Waals surface area contributed by atoms with Gasteiger partial charge in [0.1, 0.15) is 5.75 Å². The van der Waals surface area contributed by atoms with Crippen LogP contribution in [0.5, 0.6) is 5.75 Å². The van der Waals surface area contributed by atoms with Crippen molar-refractivity contribution >= 4 is 40.5 Å². The number of ketones is 1. The van der Waals surface area contributed by atoms with Crippen LogP contribution in [0.25, 0.3) is 5.57 Å². The van der Waals surface area contributed by atoms with E-state index in [-0.39, 0.29) is 21.9 Å². The number of amides is 1. The summed E-state index contributed by atoms with van der Waals surface area (Å²) in [4.78, 5) is 39.0. The van der Waals surface area contributed by atoms with Crippen LogP contribution in [0.1, 0.15) is 47.1 Å². The molecule has 4 rings (SSSR count). The van der Waals surface area contributed by atoms with E-state index in [2.05, 4.69) is 0 Å². The van der Waals surface area contributed by atoms with Gasteiger partial charge < -0.3 is 4.74 Å². The SMILES string of the molecule is CC1=CC(C)(C)N2C(=O)C(=O)c3cc(OC(=O)c4ccccc4Cl)cc1c32. The van der Waals surface area contributed by atoms with E-state index in [1.54, 1.807) is 30.3 Å². The summed E-state index contributed by atoms with van der Waals surface area (Å²) in [6.07, 6.45) is 1.93. The largest absolute Gasteiger partial charge is 0.423 e. The van der Waals surface area contributed by atoms with Crippen LogP contribution < -0.4 is 9.64 Å².